The summed E-state index contributed by atoms with van der Waals surface area (Å²) in [6.45, 7) is 0.220. The molecule has 0 unspecified atom stereocenters. The van der Waals surface area contributed by atoms with E-state index >= 15 is 0 Å². The lowest BCUT2D eigenvalue weighted by Gasteiger charge is -2.25. The van der Waals surface area contributed by atoms with Crippen LogP contribution < -0.4 is 10.2 Å². The molecule has 0 radical (unpaired) electrons. The quantitative estimate of drug-likeness (QED) is 0.808. The zero-order chi connectivity index (χ0) is 14.3. The molecule has 1 aromatic heterocycles. The number of amides is 3. The number of nitrogens with zero attached hydrogens (tertiary/aromatic N) is 1. The standard InChI is InChI=1S/C14H9FN2O3/c1-2-8-3-4-9-10(7-20-13(9)12(8)15)17-6-5-11(18)16-14(17)19/h1,3-4,7H,5-6H2,(H,16,18,19). The van der Waals surface area contributed by atoms with E-state index in [2.05, 4.69) is 11.2 Å². The summed E-state index contributed by atoms with van der Waals surface area (Å²) < 4.78 is 19.2. The molecule has 100 valence electrons. The van der Waals surface area contributed by atoms with Gasteiger partial charge in [-0.05, 0) is 12.1 Å². The van der Waals surface area contributed by atoms with Crippen molar-refractivity contribution >= 4 is 28.6 Å². The maximum Gasteiger partial charge on any atom is 0.328 e. The number of furan rings is 1. The zero-order valence-corrected chi connectivity index (χ0v) is 10.3. The number of urea groups is 1. The topological polar surface area (TPSA) is 62.6 Å². The minimum Gasteiger partial charge on any atom is -0.459 e. The highest BCUT2D eigenvalue weighted by Crippen LogP contribution is 2.32. The normalized spacial score (nSPS) is 15.3. The number of anilines is 1. The van der Waals surface area contributed by atoms with E-state index in [1.165, 1.54) is 17.2 Å². The van der Waals surface area contributed by atoms with Gasteiger partial charge in [-0.1, -0.05) is 5.92 Å². The van der Waals surface area contributed by atoms with E-state index in [1.807, 2.05) is 0 Å². The Morgan fingerprint density at radius 3 is 2.90 bits per heavy atom. The second-order valence-electron chi connectivity index (χ2n) is 4.32. The van der Waals surface area contributed by atoms with Crippen molar-refractivity contribution < 1.29 is 18.4 Å². The summed E-state index contributed by atoms with van der Waals surface area (Å²) >= 11 is 0. The second kappa shape index (κ2) is 4.38. The van der Waals surface area contributed by atoms with E-state index in [9.17, 15) is 14.0 Å². The molecule has 3 rings (SSSR count). The molecule has 0 spiro atoms. The van der Waals surface area contributed by atoms with Crippen LogP contribution in [-0.2, 0) is 4.79 Å². The molecule has 1 aromatic carbocycles. The zero-order valence-electron chi connectivity index (χ0n) is 10.3. The lowest BCUT2D eigenvalue weighted by molar-refractivity contribution is -0.120. The maximum atomic E-state index is 14.0. The van der Waals surface area contributed by atoms with Crippen molar-refractivity contribution in [3.63, 3.8) is 0 Å². The monoisotopic (exact) mass is 272 g/mol. The van der Waals surface area contributed by atoms with Crippen molar-refractivity contribution in [3.05, 3.63) is 29.8 Å². The fourth-order valence-electron chi connectivity index (χ4n) is 2.17. The predicted molar refractivity (Wildman–Crippen MR) is 69.6 cm³/mol. The van der Waals surface area contributed by atoms with Gasteiger partial charge in [0.1, 0.15) is 6.26 Å². The maximum absolute atomic E-state index is 14.0. The van der Waals surface area contributed by atoms with Crippen LogP contribution in [0.15, 0.2) is 22.8 Å². The molecule has 1 aliphatic heterocycles. The highest BCUT2D eigenvalue weighted by molar-refractivity contribution is 6.09. The minimum atomic E-state index is -0.634. The molecule has 1 aliphatic rings. The van der Waals surface area contributed by atoms with Gasteiger partial charge in [0.25, 0.3) is 0 Å². The SMILES string of the molecule is C#Cc1ccc2c(N3CCC(=O)NC3=O)coc2c1F. The predicted octanol–water partition coefficient (Wildman–Crippen LogP) is 2.00. The fraction of sp³-hybridized carbons (Fsp3) is 0.143. The van der Waals surface area contributed by atoms with Gasteiger partial charge in [0.15, 0.2) is 11.4 Å². The first-order valence-corrected chi connectivity index (χ1v) is 5.89. The molecule has 0 bridgehead atoms. The molecule has 0 saturated carbocycles. The number of hydrogen-bond acceptors (Lipinski definition) is 3. The number of carbonyl (C=O) groups is 2. The third kappa shape index (κ3) is 1.72. The van der Waals surface area contributed by atoms with E-state index in [1.54, 1.807) is 6.07 Å². The van der Waals surface area contributed by atoms with Crippen molar-refractivity contribution in [1.82, 2.24) is 5.32 Å². The molecule has 1 fully saturated rings. The van der Waals surface area contributed by atoms with Gasteiger partial charge in [-0.25, -0.2) is 9.18 Å². The number of fused-ring (bicyclic) bond motifs is 1. The second-order valence-corrected chi connectivity index (χ2v) is 4.32. The average Bonchev–Trinajstić information content (AvgIpc) is 2.84. The van der Waals surface area contributed by atoms with Crippen LogP contribution in [0.3, 0.4) is 0 Å². The highest BCUT2D eigenvalue weighted by Gasteiger charge is 2.27. The van der Waals surface area contributed by atoms with E-state index in [-0.39, 0.29) is 30.0 Å². The van der Waals surface area contributed by atoms with Crippen LogP contribution >= 0.6 is 0 Å². The van der Waals surface area contributed by atoms with Gasteiger partial charge in [0.2, 0.25) is 5.91 Å². The number of carbonyl (C=O) groups excluding carboxylic acids is 2. The molecule has 3 amide bonds. The molecule has 1 N–H and O–H groups in total. The molecule has 6 heteroatoms. The molecule has 2 heterocycles. The Kier molecular flexibility index (Phi) is 2.68. The van der Waals surface area contributed by atoms with Crippen molar-refractivity contribution in [2.24, 2.45) is 0 Å². The summed E-state index contributed by atoms with van der Waals surface area (Å²) in [6, 6.07) is 2.49. The number of imide groups is 1. The van der Waals surface area contributed by atoms with Crippen LogP contribution in [0, 0.1) is 18.2 Å². The molecule has 2 aromatic rings. The van der Waals surface area contributed by atoms with E-state index in [0.29, 0.717) is 11.1 Å². The molecule has 0 aliphatic carbocycles. The van der Waals surface area contributed by atoms with Crippen LogP contribution in [0.1, 0.15) is 12.0 Å². The molecule has 5 nitrogen and oxygen atoms in total. The smallest absolute Gasteiger partial charge is 0.328 e. The Balaban J connectivity index is 2.10. The van der Waals surface area contributed by atoms with Gasteiger partial charge in [-0.15, -0.1) is 6.42 Å². The number of nitrogens with one attached hydrogen (secondary N) is 1. The van der Waals surface area contributed by atoms with Gasteiger partial charge in [0.05, 0.1) is 11.3 Å². The molecular formula is C14H9FN2O3. The van der Waals surface area contributed by atoms with Crippen molar-refractivity contribution in [2.75, 3.05) is 11.4 Å². The summed E-state index contributed by atoms with van der Waals surface area (Å²) in [6.07, 6.45) is 6.65. The number of benzene rings is 1. The fourth-order valence-corrected chi connectivity index (χ4v) is 2.17. The van der Waals surface area contributed by atoms with Gasteiger partial charge >= 0.3 is 6.03 Å². The largest absolute Gasteiger partial charge is 0.459 e. The first-order valence-electron chi connectivity index (χ1n) is 5.89. The van der Waals surface area contributed by atoms with E-state index < -0.39 is 11.8 Å². The first-order chi connectivity index (χ1) is 9.61. The van der Waals surface area contributed by atoms with Gasteiger partial charge in [-0.3, -0.25) is 15.0 Å². The summed E-state index contributed by atoms with van der Waals surface area (Å²) in [5, 5.41) is 2.64. The molecule has 1 saturated heterocycles. The molecule has 0 atom stereocenters. The first kappa shape index (κ1) is 12.2. The highest BCUT2D eigenvalue weighted by atomic mass is 19.1. The molecule has 20 heavy (non-hydrogen) atoms. The van der Waals surface area contributed by atoms with Crippen molar-refractivity contribution in [3.8, 4) is 12.3 Å². The van der Waals surface area contributed by atoms with Gasteiger partial charge in [0, 0.05) is 18.4 Å². The summed E-state index contributed by atoms with van der Waals surface area (Å²) in [7, 11) is 0. The third-order valence-electron chi connectivity index (χ3n) is 3.16. The number of hydrogen-bond donors (Lipinski definition) is 1. The summed E-state index contributed by atoms with van der Waals surface area (Å²) in [4.78, 5) is 24.2. The van der Waals surface area contributed by atoms with Crippen LogP contribution in [0.4, 0.5) is 14.9 Å². The molecular weight excluding hydrogens is 263 g/mol. The Morgan fingerprint density at radius 2 is 2.20 bits per heavy atom. The van der Waals surface area contributed by atoms with Crippen molar-refractivity contribution in [2.45, 2.75) is 6.42 Å². The van der Waals surface area contributed by atoms with E-state index in [0.717, 1.165) is 0 Å². The van der Waals surface area contributed by atoms with Crippen LogP contribution in [0.2, 0.25) is 0 Å². The van der Waals surface area contributed by atoms with Gasteiger partial charge < -0.3 is 4.42 Å². The Labute approximate surface area is 113 Å². The summed E-state index contributed by atoms with van der Waals surface area (Å²) in [5.74, 6) is 1.25. The van der Waals surface area contributed by atoms with Crippen LogP contribution in [-0.4, -0.2) is 18.5 Å². The minimum absolute atomic E-state index is 0.000139. The number of halogens is 1. The van der Waals surface area contributed by atoms with Crippen LogP contribution in [0.5, 0.6) is 0 Å². The van der Waals surface area contributed by atoms with Crippen LogP contribution in [0.25, 0.3) is 11.0 Å². The van der Waals surface area contributed by atoms with E-state index in [4.69, 9.17) is 10.8 Å². The average molecular weight is 272 g/mol. The Morgan fingerprint density at radius 1 is 1.40 bits per heavy atom. The summed E-state index contributed by atoms with van der Waals surface area (Å²) in [5.41, 5.74) is 0.504. The number of terminal acetylenes is 1. The lowest BCUT2D eigenvalue weighted by Crippen LogP contribution is -2.49. The van der Waals surface area contributed by atoms with Gasteiger partial charge in [-0.2, -0.15) is 0 Å². The van der Waals surface area contributed by atoms with Crippen molar-refractivity contribution in [1.29, 1.82) is 0 Å². The number of rotatable bonds is 1. The Hall–Kier alpha value is -2.81. The lowest BCUT2D eigenvalue weighted by atomic mass is 10.1. The third-order valence-corrected chi connectivity index (χ3v) is 3.16. The Bertz CT molecular complexity index is 773.